The van der Waals surface area contributed by atoms with Crippen molar-refractivity contribution in [2.75, 3.05) is 18.9 Å². The summed E-state index contributed by atoms with van der Waals surface area (Å²) in [5.74, 6) is -4.29. The second-order valence-electron chi connectivity index (χ2n) is 9.10. The summed E-state index contributed by atoms with van der Waals surface area (Å²) in [6.07, 6.45) is -1.56. The number of nitrogens with two attached hydrogens (primary N) is 4. The molecule has 1 fully saturated rings. The summed E-state index contributed by atoms with van der Waals surface area (Å²) in [7, 11) is 0. The number of rotatable bonds is 14. The number of ether oxygens (including phenoxy) is 4. The molecule has 0 saturated carbocycles. The minimum absolute atomic E-state index is 0.0379. The first kappa shape index (κ1) is 32.9. The number of benzene rings is 1. The van der Waals surface area contributed by atoms with Crippen LogP contribution >= 0.6 is 12.6 Å². The summed E-state index contributed by atoms with van der Waals surface area (Å²) >= 11 is 3.89. The van der Waals surface area contributed by atoms with Gasteiger partial charge in [-0.3, -0.25) is 19.2 Å². The van der Waals surface area contributed by atoms with E-state index < -0.39 is 78.9 Å². The molecule has 1 heterocycles. The average Bonchev–Trinajstić information content (AvgIpc) is 3.39. The lowest BCUT2D eigenvalue weighted by atomic mass is 10.1. The summed E-state index contributed by atoms with van der Waals surface area (Å²) in [6, 6.07) is 0.373. The van der Waals surface area contributed by atoms with Crippen LogP contribution in [-0.2, 0) is 44.6 Å². The number of carboxylic acid groups (broad SMARTS) is 1. The van der Waals surface area contributed by atoms with Crippen LogP contribution < -0.4 is 33.0 Å². The highest BCUT2D eigenvalue weighted by molar-refractivity contribution is 7.80. The van der Waals surface area contributed by atoms with Crippen LogP contribution in [0.4, 0.5) is 0 Å². The first-order valence-electron chi connectivity index (χ1n) is 12.3. The van der Waals surface area contributed by atoms with Crippen molar-refractivity contribution in [1.82, 2.24) is 5.32 Å². The fourth-order valence-electron chi connectivity index (χ4n) is 3.44. The molecule has 16 heteroatoms. The molecule has 1 aromatic rings. The predicted molar refractivity (Wildman–Crippen MR) is 142 cm³/mol. The van der Waals surface area contributed by atoms with Gasteiger partial charge in [0.05, 0.1) is 0 Å². The van der Waals surface area contributed by atoms with Crippen LogP contribution in [0.2, 0.25) is 0 Å². The van der Waals surface area contributed by atoms with Crippen molar-refractivity contribution in [2.24, 2.45) is 22.9 Å². The van der Waals surface area contributed by atoms with Crippen molar-refractivity contribution in [3.63, 3.8) is 0 Å². The maximum absolute atomic E-state index is 12.7. The zero-order valence-corrected chi connectivity index (χ0v) is 22.7. The van der Waals surface area contributed by atoms with E-state index in [1.807, 2.05) is 0 Å². The van der Waals surface area contributed by atoms with Gasteiger partial charge in [-0.1, -0.05) is 12.1 Å². The fraction of sp³-hybridized carbons (Fsp3) is 0.542. The van der Waals surface area contributed by atoms with Gasteiger partial charge in [-0.15, -0.1) is 0 Å². The lowest BCUT2D eigenvalue weighted by Crippen LogP contribution is -2.48. The lowest BCUT2D eigenvalue weighted by Gasteiger charge is -2.22. The number of esters is 4. The number of carbonyl (C=O) groups excluding carboxylic acids is 4. The van der Waals surface area contributed by atoms with Crippen molar-refractivity contribution in [3.8, 4) is 5.75 Å². The molecule has 1 unspecified atom stereocenters. The molecule has 1 saturated heterocycles. The van der Waals surface area contributed by atoms with Gasteiger partial charge in [0.15, 0.2) is 0 Å². The van der Waals surface area contributed by atoms with Crippen LogP contribution in [0.3, 0.4) is 0 Å². The zero-order valence-electron chi connectivity index (χ0n) is 21.8. The predicted octanol–water partition coefficient (Wildman–Crippen LogP) is -2.79. The molecule has 1 aliphatic heterocycles. The first-order chi connectivity index (χ1) is 18.8. The smallest absolute Gasteiger partial charge is 0.332 e. The molecule has 10 N–H and O–H groups in total. The molecule has 40 heavy (non-hydrogen) atoms. The van der Waals surface area contributed by atoms with Crippen LogP contribution in [0.1, 0.15) is 18.9 Å². The normalized spacial score (nSPS) is 20.4. The summed E-state index contributed by atoms with van der Waals surface area (Å²) in [6.45, 7) is 1.16. The molecule has 1 aliphatic rings. The Bertz CT molecular complexity index is 1060. The Labute approximate surface area is 235 Å². The minimum atomic E-state index is -1.38. The highest BCUT2D eigenvalue weighted by Crippen LogP contribution is 2.18. The maximum atomic E-state index is 12.7. The van der Waals surface area contributed by atoms with E-state index in [1.165, 1.54) is 19.1 Å². The van der Waals surface area contributed by atoms with Crippen molar-refractivity contribution in [1.29, 1.82) is 0 Å². The second kappa shape index (κ2) is 15.5. The van der Waals surface area contributed by atoms with Crippen LogP contribution in [0.15, 0.2) is 24.3 Å². The molecule has 0 spiro atoms. The van der Waals surface area contributed by atoms with Crippen molar-refractivity contribution >= 4 is 42.5 Å². The number of nitrogens with one attached hydrogen (secondary N) is 1. The van der Waals surface area contributed by atoms with E-state index in [0.717, 1.165) is 0 Å². The second-order valence-corrected chi connectivity index (χ2v) is 9.47. The first-order valence-corrected chi connectivity index (χ1v) is 12.9. The number of aliphatic carboxylic acids is 1. The number of carboxylic acids is 1. The van der Waals surface area contributed by atoms with Gasteiger partial charge in [-0.25, -0.2) is 4.79 Å². The highest BCUT2D eigenvalue weighted by atomic mass is 32.1. The van der Waals surface area contributed by atoms with Gasteiger partial charge in [0.2, 0.25) is 0 Å². The molecule has 0 amide bonds. The number of carbonyl (C=O) groups is 5. The van der Waals surface area contributed by atoms with E-state index in [0.29, 0.717) is 18.5 Å². The summed E-state index contributed by atoms with van der Waals surface area (Å²) in [4.78, 5) is 60.0. The molecule has 0 bridgehead atoms. The third-order valence-electron chi connectivity index (χ3n) is 5.89. The Morgan fingerprint density at radius 2 is 1.65 bits per heavy atom. The molecule has 2 rings (SSSR count). The van der Waals surface area contributed by atoms with Crippen LogP contribution in [-0.4, -0.2) is 96.3 Å². The van der Waals surface area contributed by atoms with E-state index in [4.69, 9.17) is 47.0 Å². The van der Waals surface area contributed by atoms with Gasteiger partial charge < -0.3 is 52.3 Å². The van der Waals surface area contributed by atoms with E-state index in [2.05, 4.69) is 17.9 Å². The standard InChI is InChI=1S/C24H35N5O10S/c1-11(37-22(33)16(27)10-40)18(28)23(34)36-9-15(26)21(32)39-17-6-7-29-19(17)24(35)38-13-4-2-12(3-5-13)8-14(25)20(30)31/h2-5,11,14-19,29,40H,6-10,25-28H2,1H3,(H,30,31)/t11-,14+,15+,16+,17?,18+,19+/m1/s1. The molecule has 15 nitrogen and oxygen atoms in total. The largest absolute Gasteiger partial charge is 0.480 e. The Morgan fingerprint density at radius 3 is 2.25 bits per heavy atom. The Hall–Kier alpha value is -3.28. The van der Waals surface area contributed by atoms with Gasteiger partial charge in [0.25, 0.3) is 0 Å². The van der Waals surface area contributed by atoms with Gasteiger partial charge in [0.1, 0.15) is 54.8 Å². The zero-order chi connectivity index (χ0) is 30.0. The topological polar surface area (TPSA) is 259 Å². The Balaban J connectivity index is 1.83. The van der Waals surface area contributed by atoms with E-state index in [-0.39, 0.29) is 17.9 Å². The van der Waals surface area contributed by atoms with Crippen molar-refractivity contribution in [2.45, 2.75) is 62.2 Å². The third kappa shape index (κ3) is 9.72. The molecule has 0 aliphatic carbocycles. The van der Waals surface area contributed by atoms with E-state index in [1.54, 1.807) is 12.1 Å². The quantitative estimate of drug-likeness (QED) is 0.0503. The van der Waals surface area contributed by atoms with E-state index in [9.17, 15) is 24.0 Å². The molecule has 1 aromatic carbocycles. The molecule has 0 aromatic heterocycles. The Morgan fingerprint density at radius 1 is 1.00 bits per heavy atom. The average molecular weight is 586 g/mol. The third-order valence-corrected chi connectivity index (χ3v) is 6.28. The molecule has 0 radical (unpaired) electrons. The Kier molecular flexibility index (Phi) is 12.8. The number of thiol groups is 1. The monoisotopic (exact) mass is 585 g/mol. The van der Waals surface area contributed by atoms with Gasteiger partial charge in [0, 0.05) is 5.75 Å². The molecule has 7 atom stereocenters. The van der Waals surface area contributed by atoms with Crippen molar-refractivity contribution in [3.05, 3.63) is 29.8 Å². The van der Waals surface area contributed by atoms with Crippen LogP contribution in [0.5, 0.6) is 5.75 Å². The summed E-state index contributed by atoms with van der Waals surface area (Å²) < 4.78 is 20.7. The minimum Gasteiger partial charge on any atom is -0.480 e. The molecule has 222 valence electrons. The van der Waals surface area contributed by atoms with Gasteiger partial charge >= 0.3 is 29.8 Å². The number of hydrogen-bond donors (Lipinski definition) is 7. The molecular formula is C24H35N5O10S. The maximum Gasteiger partial charge on any atom is 0.332 e. The van der Waals surface area contributed by atoms with Gasteiger partial charge in [-0.05, 0) is 44.0 Å². The molecular weight excluding hydrogens is 550 g/mol. The summed E-state index contributed by atoms with van der Waals surface area (Å²) in [5.41, 5.74) is 23.2. The van der Waals surface area contributed by atoms with Gasteiger partial charge in [-0.2, -0.15) is 12.6 Å². The lowest BCUT2D eigenvalue weighted by molar-refractivity contribution is -0.159. The highest BCUT2D eigenvalue weighted by Gasteiger charge is 2.38. The van der Waals surface area contributed by atoms with Crippen LogP contribution in [0, 0.1) is 0 Å². The summed E-state index contributed by atoms with van der Waals surface area (Å²) in [5, 5.41) is 11.8. The number of hydrogen-bond acceptors (Lipinski definition) is 15. The van der Waals surface area contributed by atoms with Crippen LogP contribution in [0.25, 0.3) is 0 Å². The SMILES string of the molecule is C[C@@H](OC(=O)[C@@H](N)CS)[C@H](N)C(=O)OC[C@H](N)C(=O)OC1CCN[C@@H]1C(=O)Oc1ccc(C[C@H](N)C(=O)O)cc1. The van der Waals surface area contributed by atoms with E-state index >= 15 is 0 Å². The fourth-order valence-corrected chi connectivity index (χ4v) is 3.59. The van der Waals surface area contributed by atoms with Crippen molar-refractivity contribution < 1.29 is 48.0 Å².